The summed E-state index contributed by atoms with van der Waals surface area (Å²) in [7, 11) is 3.20. The number of rotatable bonds is 7. The van der Waals surface area contributed by atoms with Crippen molar-refractivity contribution in [1.29, 1.82) is 0 Å². The van der Waals surface area contributed by atoms with Crippen LogP contribution in [0.25, 0.3) is 0 Å². The van der Waals surface area contributed by atoms with E-state index in [1.54, 1.807) is 14.2 Å². The zero-order valence-electron chi connectivity index (χ0n) is 19.6. The Balaban J connectivity index is 1.59. The molecule has 2 aromatic rings. The minimum atomic E-state index is -0.652. The maximum Gasteiger partial charge on any atom is 0.312 e. The van der Waals surface area contributed by atoms with Crippen molar-refractivity contribution in [3.8, 4) is 11.5 Å². The summed E-state index contributed by atoms with van der Waals surface area (Å²) < 4.78 is 10.5. The molecule has 1 atom stereocenters. The highest BCUT2D eigenvalue weighted by atomic mass is 16.5. The molecule has 1 saturated heterocycles. The average Bonchev–Trinajstić information content (AvgIpc) is 3.33. The minimum absolute atomic E-state index is 0.200. The minimum Gasteiger partial charge on any atom is -0.497 e. The number of hydrazone groups is 1. The van der Waals surface area contributed by atoms with Crippen LogP contribution in [-0.4, -0.2) is 78.6 Å². The second kappa shape index (κ2) is 9.94. The molecule has 0 spiro atoms. The summed E-state index contributed by atoms with van der Waals surface area (Å²) in [6, 6.07) is 14.7. The number of benzene rings is 2. The van der Waals surface area contributed by atoms with Gasteiger partial charge in [-0.2, -0.15) is 5.10 Å². The lowest BCUT2D eigenvalue weighted by atomic mass is 9.98. The van der Waals surface area contributed by atoms with Crippen LogP contribution in [0.2, 0.25) is 0 Å². The van der Waals surface area contributed by atoms with Crippen molar-refractivity contribution in [3.63, 3.8) is 0 Å². The number of carbonyl (C=O) groups is 3. The van der Waals surface area contributed by atoms with Crippen LogP contribution in [0.3, 0.4) is 0 Å². The number of nitrogens with zero attached hydrogens (tertiary/aromatic N) is 4. The van der Waals surface area contributed by atoms with Crippen molar-refractivity contribution >= 4 is 23.4 Å². The first-order chi connectivity index (χ1) is 16.4. The third-order valence-electron chi connectivity index (χ3n) is 6.19. The zero-order chi connectivity index (χ0) is 24.2. The highest BCUT2D eigenvalue weighted by Gasteiger charge is 2.37. The van der Waals surface area contributed by atoms with Gasteiger partial charge in [0.2, 0.25) is 0 Å². The number of carbonyl (C=O) groups excluding carboxylic acids is 3. The lowest BCUT2D eigenvalue weighted by molar-refractivity contribution is -0.157. The van der Waals surface area contributed by atoms with Crippen molar-refractivity contribution < 1.29 is 23.9 Å². The third-order valence-corrected chi connectivity index (χ3v) is 6.19. The van der Waals surface area contributed by atoms with E-state index in [2.05, 4.69) is 5.10 Å². The number of piperazine rings is 1. The molecule has 3 amide bonds. The van der Waals surface area contributed by atoms with Gasteiger partial charge >= 0.3 is 11.8 Å². The van der Waals surface area contributed by atoms with Gasteiger partial charge in [-0.05, 0) is 54.4 Å². The van der Waals surface area contributed by atoms with Crippen LogP contribution in [-0.2, 0) is 14.4 Å². The Morgan fingerprint density at radius 3 is 2.06 bits per heavy atom. The first-order valence-electron chi connectivity index (χ1n) is 11.2. The van der Waals surface area contributed by atoms with Gasteiger partial charge in [-0.1, -0.05) is 12.1 Å². The van der Waals surface area contributed by atoms with E-state index in [1.165, 1.54) is 14.8 Å². The first kappa shape index (κ1) is 23.3. The van der Waals surface area contributed by atoms with E-state index in [-0.39, 0.29) is 18.5 Å². The van der Waals surface area contributed by atoms with Crippen LogP contribution in [0.5, 0.6) is 11.5 Å². The molecule has 0 radical (unpaired) electrons. The van der Waals surface area contributed by atoms with Crippen molar-refractivity contribution in [2.24, 2.45) is 5.10 Å². The van der Waals surface area contributed by atoms with Crippen LogP contribution in [0, 0.1) is 0 Å². The molecule has 2 heterocycles. The van der Waals surface area contributed by atoms with Crippen LogP contribution < -0.4 is 9.47 Å². The Kier molecular flexibility index (Phi) is 6.81. The maximum atomic E-state index is 13.4. The molecule has 0 saturated carbocycles. The standard InChI is InChI=1S/C25H28N4O5/c1-4-27-13-14-28(25(32)24(27)31)16-23(30)29-22(18-7-11-20(34-3)12-8-18)15-21(26-29)17-5-9-19(33-2)10-6-17/h5-12,22H,4,13-16H2,1-3H3/t22-/m0/s1. The molecule has 0 N–H and O–H groups in total. The van der Waals surface area contributed by atoms with Gasteiger partial charge < -0.3 is 19.3 Å². The van der Waals surface area contributed by atoms with Gasteiger partial charge in [0.05, 0.1) is 26.0 Å². The predicted molar refractivity (Wildman–Crippen MR) is 126 cm³/mol. The SMILES string of the molecule is CCN1CCN(CC(=O)N2N=C(c3ccc(OC)cc3)C[C@H]2c2ccc(OC)cc2)C(=O)C1=O. The molecule has 1 fully saturated rings. The number of ether oxygens (including phenoxy) is 2. The molecular weight excluding hydrogens is 436 g/mol. The van der Waals surface area contributed by atoms with E-state index in [0.717, 1.165) is 22.6 Å². The second-order valence-electron chi connectivity index (χ2n) is 8.12. The highest BCUT2D eigenvalue weighted by Crippen LogP contribution is 2.34. The monoisotopic (exact) mass is 464 g/mol. The fourth-order valence-corrected chi connectivity index (χ4v) is 4.19. The molecule has 2 aromatic carbocycles. The third kappa shape index (κ3) is 4.59. The van der Waals surface area contributed by atoms with Crippen LogP contribution >= 0.6 is 0 Å². The van der Waals surface area contributed by atoms with Crippen molar-refractivity contribution in [1.82, 2.24) is 14.8 Å². The number of likely N-dealkylation sites (N-methyl/N-ethyl adjacent to an activating group) is 1. The zero-order valence-corrected chi connectivity index (χ0v) is 19.6. The molecule has 9 heteroatoms. The van der Waals surface area contributed by atoms with E-state index in [1.807, 2.05) is 55.5 Å². The van der Waals surface area contributed by atoms with Gasteiger partial charge in [0, 0.05) is 26.1 Å². The van der Waals surface area contributed by atoms with Crippen molar-refractivity contribution in [3.05, 3.63) is 59.7 Å². The Morgan fingerprint density at radius 1 is 0.912 bits per heavy atom. The van der Waals surface area contributed by atoms with E-state index < -0.39 is 11.8 Å². The molecule has 2 aliphatic heterocycles. The quantitative estimate of drug-likeness (QED) is 0.585. The summed E-state index contributed by atoms with van der Waals surface area (Å²) in [6.07, 6.45) is 0.515. The van der Waals surface area contributed by atoms with Gasteiger partial charge in [-0.15, -0.1) is 0 Å². The molecule has 34 heavy (non-hydrogen) atoms. The van der Waals surface area contributed by atoms with Gasteiger partial charge in [0.1, 0.15) is 18.0 Å². The summed E-state index contributed by atoms with van der Waals surface area (Å²) >= 11 is 0. The van der Waals surface area contributed by atoms with E-state index in [9.17, 15) is 14.4 Å². The van der Waals surface area contributed by atoms with Crippen molar-refractivity contribution in [2.45, 2.75) is 19.4 Å². The predicted octanol–water partition coefficient (Wildman–Crippen LogP) is 2.07. The molecule has 178 valence electrons. The number of hydrogen-bond donors (Lipinski definition) is 0. The maximum absolute atomic E-state index is 13.4. The van der Waals surface area contributed by atoms with E-state index in [0.29, 0.717) is 31.8 Å². The molecule has 4 rings (SSSR count). The van der Waals surface area contributed by atoms with Gasteiger partial charge in [-0.25, -0.2) is 5.01 Å². The Morgan fingerprint density at radius 2 is 1.47 bits per heavy atom. The molecule has 0 bridgehead atoms. The first-order valence-corrected chi connectivity index (χ1v) is 11.2. The molecule has 0 aromatic heterocycles. The fraction of sp³-hybridized carbons (Fsp3) is 0.360. The Hall–Kier alpha value is -3.88. The van der Waals surface area contributed by atoms with Crippen LogP contribution in [0.15, 0.2) is 53.6 Å². The fourth-order valence-electron chi connectivity index (χ4n) is 4.19. The molecule has 0 aliphatic carbocycles. The molecule has 0 unspecified atom stereocenters. The number of methoxy groups -OCH3 is 2. The Labute approximate surface area is 198 Å². The molecule has 9 nitrogen and oxygen atoms in total. The van der Waals surface area contributed by atoms with Gasteiger partial charge in [0.25, 0.3) is 5.91 Å². The van der Waals surface area contributed by atoms with Crippen molar-refractivity contribution in [2.75, 3.05) is 40.4 Å². The summed E-state index contributed by atoms with van der Waals surface area (Å²) in [5.41, 5.74) is 2.55. The smallest absolute Gasteiger partial charge is 0.312 e. The largest absolute Gasteiger partial charge is 0.497 e. The van der Waals surface area contributed by atoms with Gasteiger partial charge in [-0.3, -0.25) is 14.4 Å². The highest BCUT2D eigenvalue weighted by molar-refractivity contribution is 6.35. The summed E-state index contributed by atoms with van der Waals surface area (Å²) in [4.78, 5) is 40.9. The van der Waals surface area contributed by atoms with Gasteiger partial charge in [0.15, 0.2) is 0 Å². The number of hydrogen-bond acceptors (Lipinski definition) is 6. The van der Waals surface area contributed by atoms with E-state index >= 15 is 0 Å². The summed E-state index contributed by atoms with van der Waals surface area (Å²) in [5, 5.41) is 6.09. The topological polar surface area (TPSA) is 91.8 Å². The average molecular weight is 465 g/mol. The normalized spacial score (nSPS) is 18.3. The lowest BCUT2D eigenvalue weighted by Crippen LogP contribution is -2.56. The summed E-state index contributed by atoms with van der Waals surface area (Å²) in [5.74, 6) is -0.112. The molecule has 2 aliphatic rings. The Bertz CT molecular complexity index is 1100. The van der Waals surface area contributed by atoms with E-state index in [4.69, 9.17) is 9.47 Å². The van der Waals surface area contributed by atoms with Crippen LogP contribution in [0.1, 0.15) is 30.5 Å². The molecular formula is C25H28N4O5. The van der Waals surface area contributed by atoms with Crippen LogP contribution in [0.4, 0.5) is 0 Å². The second-order valence-corrected chi connectivity index (χ2v) is 8.12. The lowest BCUT2D eigenvalue weighted by Gasteiger charge is -2.33. The summed E-state index contributed by atoms with van der Waals surface area (Å²) in [6.45, 7) is 2.82. The number of amides is 3.